The second kappa shape index (κ2) is 7.09. The molecule has 0 bridgehead atoms. The number of benzene rings is 1. The summed E-state index contributed by atoms with van der Waals surface area (Å²) in [6, 6.07) is 11.8. The molecule has 0 aliphatic carbocycles. The van der Waals surface area contributed by atoms with E-state index in [1.165, 1.54) is 5.56 Å². The number of primary amides is 1. The van der Waals surface area contributed by atoms with E-state index in [1.54, 1.807) is 11.1 Å². The fourth-order valence-corrected chi connectivity index (χ4v) is 2.80. The average Bonchev–Trinajstić information content (AvgIpc) is 2.82. The van der Waals surface area contributed by atoms with Crippen molar-refractivity contribution in [2.24, 2.45) is 5.73 Å². The molecule has 6 heteroatoms. The minimum Gasteiger partial charge on any atom is -0.355 e. The van der Waals surface area contributed by atoms with E-state index < -0.39 is 0 Å². The Morgan fingerprint density at radius 3 is 2.70 bits per heavy atom. The van der Waals surface area contributed by atoms with Crippen molar-refractivity contribution in [1.29, 1.82) is 0 Å². The number of urea groups is 1. The Balaban J connectivity index is 1.71. The highest BCUT2D eigenvalue weighted by Gasteiger charge is 2.18. The molecule has 6 nitrogen and oxygen atoms in total. The van der Waals surface area contributed by atoms with Crippen molar-refractivity contribution in [1.82, 2.24) is 14.9 Å². The minimum absolute atomic E-state index is 0.348. The van der Waals surface area contributed by atoms with Gasteiger partial charge in [-0.3, -0.25) is 0 Å². The van der Waals surface area contributed by atoms with Gasteiger partial charge in [-0.1, -0.05) is 30.3 Å². The van der Waals surface area contributed by atoms with E-state index >= 15 is 0 Å². The molecule has 1 aromatic carbocycles. The maximum absolute atomic E-state index is 11.3. The molecule has 2 N–H and O–H groups in total. The van der Waals surface area contributed by atoms with Gasteiger partial charge in [0.1, 0.15) is 11.6 Å². The van der Waals surface area contributed by atoms with Crippen LogP contribution in [0.15, 0.2) is 42.6 Å². The number of rotatable bonds is 3. The maximum Gasteiger partial charge on any atom is 0.314 e. The fourth-order valence-electron chi connectivity index (χ4n) is 2.80. The maximum atomic E-state index is 11.3. The normalized spacial score (nSPS) is 15.3. The van der Waals surface area contributed by atoms with Gasteiger partial charge in [-0.2, -0.15) is 0 Å². The fraction of sp³-hybridized carbons (Fsp3) is 0.353. The van der Waals surface area contributed by atoms with E-state index in [-0.39, 0.29) is 6.03 Å². The number of hydrogen-bond acceptors (Lipinski definition) is 4. The molecule has 2 amide bonds. The third-order valence-electron chi connectivity index (χ3n) is 4.03. The zero-order chi connectivity index (χ0) is 16.1. The van der Waals surface area contributed by atoms with Crippen LogP contribution in [0.3, 0.4) is 0 Å². The number of carbonyl (C=O) groups excluding carboxylic acids is 1. The van der Waals surface area contributed by atoms with Gasteiger partial charge in [-0.05, 0) is 18.1 Å². The van der Waals surface area contributed by atoms with Gasteiger partial charge in [0.25, 0.3) is 0 Å². The number of hydrogen-bond donors (Lipinski definition) is 1. The first kappa shape index (κ1) is 15.3. The number of nitrogens with two attached hydrogens (primary N) is 1. The van der Waals surface area contributed by atoms with Gasteiger partial charge in [0.05, 0.1) is 0 Å². The van der Waals surface area contributed by atoms with Crippen LogP contribution in [0.2, 0.25) is 0 Å². The SMILES string of the molecule is NC(=O)N1CCCN(c2ccnc(Cc3ccccc3)n2)CC1. The third-order valence-corrected chi connectivity index (χ3v) is 4.03. The lowest BCUT2D eigenvalue weighted by molar-refractivity contribution is 0.211. The summed E-state index contributed by atoms with van der Waals surface area (Å²) in [5.74, 6) is 1.72. The molecule has 2 heterocycles. The lowest BCUT2D eigenvalue weighted by Crippen LogP contribution is -2.38. The minimum atomic E-state index is -0.348. The molecule has 23 heavy (non-hydrogen) atoms. The Morgan fingerprint density at radius 2 is 1.91 bits per heavy atom. The Morgan fingerprint density at radius 1 is 1.09 bits per heavy atom. The van der Waals surface area contributed by atoms with Crippen LogP contribution in [-0.4, -0.2) is 47.1 Å². The predicted molar refractivity (Wildman–Crippen MR) is 89.3 cm³/mol. The van der Waals surface area contributed by atoms with Crippen LogP contribution in [0.5, 0.6) is 0 Å². The zero-order valence-electron chi connectivity index (χ0n) is 13.1. The number of nitrogens with zero attached hydrogens (tertiary/aromatic N) is 4. The highest BCUT2D eigenvalue weighted by atomic mass is 16.2. The van der Waals surface area contributed by atoms with Crippen molar-refractivity contribution in [3.8, 4) is 0 Å². The summed E-state index contributed by atoms with van der Waals surface area (Å²) in [6.07, 6.45) is 3.41. The second-order valence-electron chi connectivity index (χ2n) is 5.66. The predicted octanol–water partition coefficient (Wildman–Crippen LogP) is 1.66. The van der Waals surface area contributed by atoms with Gasteiger partial charge in [-0.15, -0.1) is 0 Å². The van der Waals surface area contributed by atoms with Gasteiger partial charge in [0.2, 0.25) is 0 Å². The van der Waals surface area contributed by atoms with Gasteiger partial charge in [0, 0.05) is 38.8 Å². The Hall–Kier alpha value is -2.63. The van der Waals surface area contributed by atoms with E-state index in [9.17, 15) is 4.79 Å². The van der Waals surface area contributed by atoms with Crippen LogP contribution >= 0.6 is 0 Å². The highest BCUT2D eigenvalue weighted by Crippen LogP contribution is 2.15. The summed E-state index contributed by atoms with van der Waals surface area (Å²) in [5.41, 5.74) is 6.57. The molecule has 1 aliphatic rings. The van der Waals surface area contributed by atoms with Crippen LogP contribution in [0.4, 0.5) is 10.6 Å². The van der Waals surface area contributed by atoms with E-state index in [2.05, 4.69) is 27.0 Å². The van der Waals surface area contributed by atoms with Crippen molar-refractivity contribution < 1.29 is 4.79 Å². The molecule has 1 saturated heterocycles. The topological polar surface area (TPSA) is 75.4 Å². The summed E-state index contributed by atoms with van der Waals surface area (Å²) in [7, 11) is 0. The number of aromatic nitrogens is 2. The zero-order valence-corrected chi connectivity index (χ0v) is 13.1. The quantitative estimate of drug-likeness (QED) is 0.935. The van der Waals surface area contributed by atoms with Crippen LogP contribution in [0.25, 0.3) is 0 Å². The van der Waals surface area contributed by atoms with Crippen molar-refractivity contribution in [3.63, 3.8) is 0 Å². The van der Waals surface area contributed by atoms with Crippen LogP contribution < -0.4 is 10.6 Å². The van der Waals surface area contributed by atoms with Crippen LogP contribution in [0, 0.1) is 0 Å². The molecule has 2 aromatic rings. The molecular formula is C17H21N5O. The molecule has 0 radical (unpaired) electrons. The Bertz CT molecular complexity index is 661. The van der Waals surface area contributed by atoms with Crippen molar-refractivity contribution in [3.05, 3.63) is 54.0 Å². The molecule has 1 aliphatic heterocycles. The van der Waals surface area contributed by atoms with Crippen molar-refractivity contribution in [2.75, 3.05) is 31.1 Å². The van der Waals surface area contributed by atoms with Gasteiger partial charge < -0.3 is 15.5 Å². The summed E-state index contributed by atoms with van der Waals surface area (Å²) in [5, 5.41) is 0. The molecule has 0 spiro atoms. The van der Waals surface area contributed by atoms with Crippen LogP contribution in [-0.2, 0) is 6.42 Å². The van der Waals surface area contributed by atoms with Crippen LogP contribution in [0.1, 0.15) is 17.8 Å². The smallest absolute Gasteiger partial charge is 0.314 e. The summed E-state index contributed by atoms with van der Waals surface area (Å²) >= 11 is 0. The van der Waals surface area contributed by atoms with Gasteiger partial charge >= 0.3 is 6.03 Å². The Labute approximate surface area is 135 Å². The molecular weight excluding hydrogens is 290 g/mol. The molecule has 0 atom stereocenters. The molecule has 0 unspecified atom stereocenters. The first-order valence-corrected chi connectivity index (χ1v) is 7.87. The van der Waals surface area contributed by atoms with E-state index in [0.29, 0.717) is 13.1 Å². The highest BCUT2D eigenvalue weighted by molar-refractivity contribution is 5.72. The number of carbonyl (C=O) groups is 1. The van der Waals surface area contributed by atoms with Crippen molar-refractivity contribution in [2.45, 2.75) is 12.8 Å². The van der Waals surface area contributed by atoms with Gasteiger partial charge in [0.15, 0.2) is 0 Å². The largest absolute Gasteiger partial charge is 0.355 e. The lowest BCUT2D eigenvalue weighted by Gasteiger charge is -2.22. The summed E-state index contributed by atoms with van der Waals surface area (Å²) in [4.78, 5) is 24.2. The molecule has 1 aromatic heterocycles. The lowest BCUT2D eigenvalue weighted by atomic mass is 10.1. The molecule has 3 rings (SSSR count). The number of anilines is 1. The van der Waals surface area contributed by atoms with E-state index in [0.717, 1.165) is 37.6 Å². The van der Waals surface area contributed by atoms with Crippen molar-refractivity contribution >= 4 is 11.8 Å². The number of amides is 2. The van der Waals surface area contributed by atoms with E-state index in [4.69, 9.17) is 5.73 Å². The average molecular weight is 311 g/mol. The second-order valence-corrected chi connectivity index (χ2v) is 5.66. The van der Waals surface area contributed by atoms with Gasteiger partial charge in [-0.25, -0.2) is 14.8 Å². The first-order valence-electron chi connectivity index (χ1n) is 7.87. The monoisotopic (exact) mass is 311 g/mol. The summed E-state index contributed by atoms with van der Waals surface area (Å²) < 4.78 is 0. The summed E-state index contributed by atoms with van der Waals surface area (Å²) in [6.45, 7) is 2.94. The molecule has 1 fully saturated rings. The third kappa shape index (κ3) is 3.97. The van der Waals surface area contributed by atoms with E-state index in [1.807, 2.05) is 24.3 Å². The molecule has 0 saturated carbocycles. The molecule has 120 valence electrons. The first-order chi connectivity index (χ1) is 11.2. The standard InChI is InChI=1S/C17H21N5O/c18-17(23)22-10-4-9-21(11-12-22)16-7-8-19-15(20-16)13-14-5-2-1-3-6-14/h1-3,5-8H,4,9-13H2,(H2,18,23). The Kier molecular flexibility index (Phi) is 4.71.